The SMILES string of the molecule is Cc1c(CN)ccc2cn(C)nc12. The van der Waals surface area contributed by atoms with Crippen molar-refractivity contribution in [2.45, 2.75) is 13.5 Å². The number of fused-ring (bicyclic) bond motifs is 1. The Morgan fingerprint density at radius 3 is 2.92 bits per heavy atom. The fraction of sp³-hybridized carbons (Fsp3) is 0.300. The van der Waals surface area contributed by atoms with Crippen molar-refractivity contribution in [1.29, 1.82) is 0 Å². The van der Waals surface area contributed by atoms with Gasteiger partial charge in [0.2, 0.25) is 0 Å². The average molecular weight is 175 g/mol. The molecule has 0 amide bonds. The molecule has 0 spiro atoms. The van der Waals surface area contributed by atoms with Crippen LogP contribution in [0.4, 0.5) is 0 Å². The number of nitrogens with zero attached hydrogens (tertiary/aromatic N) is 2. The van der Waals surface area contributed by atoms with Gasteiger partial charge < -0.3 is 5.73 Å². The van der Waals surface area contributed by atoms with Gasteiger partial charge in [0.25, 0.3) is 0 Å². The second-order valence-corrected chi connectivity index (χ2v) is 3.29. The first-order valence-electron chi connectivity index (χ1n) is 4.34. The lowest BCUT2D eigenvalue weighted by Gasteiger charge is -2.01. The molecule has 0 aliphatic rings. The molecule has 0 fully saturated rings. The Labute approximate surface area is 77.2 Å². The molecule has 0 aliphatic heterocycles. The van der Waals surface area contributed by atoms with E-state index in [0.29, 0.717) is 6.54 Å². The molecule has 1 aromatic carbocycles. The van der Waals surface area contributed by atoms with E-state index in [1.54, 1.807) is 0 Å². The summed E-state index contributed by atoms with van der Waals surface area (Å²) in [5.74, 6) is 0. The van der Waals surface area contributed by atoms with Gasteiger partial charge in [-0.1, -0.05) is 12.1 Å². The van der Waals surface area contributed by atoms with Crippen molar-refractivity contribution in [2.75, 3.05) is 0 Å². The summed E-state index contributed by atoms with van der Waals surface area (Å²) >= 11 is 0. The van der Waals surface area contributed by atoms with E-state index in [2.05, 4.69) is 24.2 Å². The number of nitrogens with two attached hydrogens (primary N) is 1. The standard InChI is InChI=1S/C10H13N3/c1-7-8(5-11)3-4-9-6-13(2)12-10(7)9/h3-4,6H,5,11H2,1-2H3. The Morgan fingerprint density at radius 1 is 1.46 bits per heavy atom. The maximum absolute atomic E-state index is 5.61. The molecule has 2 rings (SSSR count). The molecular formula is C10H13N3. The predicted molar refractivity (Wildman–Crippen MR) is 53.3 cm³/mol. The molecule has 68 valence electrons. The molecule has 0 atom stereocenters. The minimum Gasteiger partial charge on any atom is -0.326 e. The first-order valence-corrected chi connectivity index (χ1v) is 4.34. The van der Waals surface area contributed by atoms with Gasteiger partial charge >= 0.3 is 0 Å². The van der Waals surface area contributed by atoms with Gasteiger partial charge in [0.1, 0.15) is 0 Å². The average Bonchev–Trinajstić information content (AvgIpc) is 2.47. The third-order valence-electron chi connectivity index (χ3n) is 2.38. The van der Waals surface area contributed by atoms with Crippen molar-refractivity contribution >= 4 is 10.9 Å². The Kier molecular flexibility index (Phi) is 1.81. The quantitative estimate of drug-likeness (QED) is 0.710. The van der Waals surface area contributed by atoms with Crippen molar-refractivity contribution in [3.63, 3.8) is 0 Å². The molecular weight excluding hydrogens is 162 g/mol. The zero-order valence-corrected chi connectivity index (χ0v) is 7.91. The van der Waals surface area contributed by atoms with Gasteiger partial charge in [-0.3, -0.25) is 4.68 Å². The molecule has 3 nitrogen and oxygen atoms in total. The molecule has 13 heavy (non-hydrogen) atoms. The van der Waals surface area contributed by atoms with E-state index >= 15 is 0 Å². The maximum Gasteiger partial charge on any atom is 0.0955 e. The van der Waals surface area contributed by atoms with E-state index in [0.717, 1.165) is 5.52 Å². The maximum atomic E-state index is 5.61. The van der Waals surface area contributed by atoms with E-state index in [-0.39, 0.29) is 0 Å². The van der Waals surface area contributed by atoms with E-state index < -0.39 is 0 Å². The number of aromatic nitrogens is 2. The first kappa shape index (κ1) is 8.26. The third kappa shape index (κ3) is 1.21. The summed E-state index contributed by atoms with van der Waals surface area (Å²) in [6.07, 6.45) is 2.02. The summed E-state index contributed by atoms with van der Waals surface area (Å²) in [4.78, 5) is 0. The highest BCUT2D eigenvalue weighted by Gasteiger charge is 2.04. The third-order valence-corrected chi connectivity index (χ3v) is 2.38. The van der Waals surface area contributed by atoms with Gasteiger partial charge in [-0.25, -0.2) is 0 Å². The smallest absolute Gasteiger partial charge is 0.0955 e. The highest BCUT2D eigenvalue weighted by molar-refractivity contribution is 5.82. The molecule has 1 heterocycles. The van der Waals surface area contributed by atoms with Gasteiger partial charge in [-0.05, 0) is 18.1 Å². The highest BCUT2D eigenvalue weighted by Crippen LogP contribution is 2.19. The van der Waals surface area contributed by atoms with Crippen LogP contribution < -0.4 is 5.73 Å². The first-order chi connectivity index (χ1) is 6.22. The fourth-order valence-electron chi connectivity index (χ4n) is 1.61. The van der Waals surface area contributed by atoms with Crippen molar-refractivity contribution < 1.29 is 0 Å². The van der Waals surface area contributed by atoms with Crippen LogP contribution in [0.15, 0.2) is 18.3 Å². The zero-order valence-electron chi connectivity index (χ0n) is 7.91. The van der Waals surface area contributed by atoms with Gasteiger partial charge in [0.15, 0.2) is 0 Å². The fourth-order valence-corrected chi connectivity index (χ4v) is 1.61. The van der Waals surface area contributed by atoms with E-state index in [4.69, 9.17) is 5.73 Å². The Balaban J connectivity index is 2.78. The van der Waals surface area contributed by atoms with Crippen LogP contribution in [0, 0.1) is 6.92 Å². The van der Waals surface area contributed by atoms with E-state index in [1.165, 1.54) is 16.5 Å². The molecule has 0 saturated carbocycles. The number of hydrogen-bond acceptors (Lipinski definition) is 2. The predicted octanol–water partition coefficient (Wildman–Crippen LogP) is 1.34. The summed E-state index contributed by atoms with van der Waals surface area (Å²) in [6, 6.07) is 4.14. The highest BCUT2D eigenvalue weighted by atomic mass is 15.2. The second kappa shape index (κ2) is 2.85. The normalized spacial score (nSPS) is 11.0. The lowest BCUT2D eigenvalue weighted by atomic mass is 10.1. The summed E-state index contributed by atoms with van der Waals surface area (Å²) in [5, 5.41) is 5.56. The summed E-state index contributed by atoms with van der Waals surface area (Å²) in [5.41, 5.74) is 9.04. The number of hydrogen-bond donors (Lipinski definition) is 1. The van der Waals surface area contributed by atoms with Gasteiger partial charge in [-0.15, -0.1) is 0 Å². The minimum absolute atomic E-state index is 0.582. The zero-order chi connectivity index (χ0) is 9.42. The van der Waals surface area contributed by atoms with Crippen LogP contribution in [-0.4, -0.2) is 9.78 Å². The largest absolute Gasteiger partial charge is 0.326 e. The van der Waals surface area contributed by atoms with Crippen LogP contribution in [0.5, 0.6) is 0 Å². The minimum atomic E-state index is 0.582. The van der Waals surface area contributed by atoms with Crippen LogP contribution >= 0.6 is 0 Å². The van der Waals surface area contributed by atoms with Gasteiger partial charge in [-0.2, -0.15) is 5.10 Å². The Bertz CT molecular complexity index is 443. The molecule has 0 bridgehead atoms. The van der Waals surface area contributed by atoms with Crippen LogP contribution in [0.2, 0.25) is 0 Å². The summed E-state index contributed by atoms with van der Waals surface area (Å²) in [6.45, 7) is 2.65. The second-order valence-electron chi connectivity index (χ2n) is 3.29. The number of aryl methyl sites for hydroxylation is 2. The molecule has 0 saturated heterocycles. The van der Waals surface area contributed by atoms with Crippen molar-refractivity contribution in [2.24, 2.45) is 12.8 Å². The number of rotatable bonds is 1. The Hall–Kier alpha value is -1.35. The lowest BCUT2D eigenvalue weighted by molar-refractivity contribution is 0.778. The molecule has 1 aromatic heterocycles. The lowest BCUT2D eigenvalue weighted by Crippen LogP contribution is -1.99. The Morgan fingerprint density at radius 2 is 2.23 bits per heavy atom. The van der Waals surface area contributed by atoms with Crippen molar-refractivity contribution in [1.82, 2.24) is 9.78 Å². The van der Waals surface area contributed by atoms with Gasteiger partial charge in [0.05, 0.1) is 5.52 Å². The molecule has 3 heteroatoms. The van der Waals surface area contributed by atoms with Gasteiger partial charge in [0, 0.05) is 25.2 Å². The monoisotopic (exact) mass is 175 g/mol. The van der Waals surface area contributed by atoms with E-state index in [1.807, 2.05) is 17.9 Å². The van der Waals surface area contributed by atoms with Crippen molar-refractivity contribution in [3.05, 3.63) is 29.5 Å². The van der Waals surface area contributed by atoms with Crippen molar-refractivity contribution in [3.8, 4) is 0 Å². The number of benzene rings is 1. The van der Waals surface area contributed by atoms with E-state index in [9.17, 15) is 0 Å². The molecule has 2 aromatic rings. The molecule has 0 radical (unpaired) electrons. The molecule has 2 N–H and O–H groups in total. The molecule has 0 unspecified atom stereocenters. The van der Waals surface area contributed by atoms with Crippen LogP contribution in [0.1, 0.15) is 11.1 Å². The van der Waals surface area contributed by atoms with Crippen LogP contribution in [-0.2, 0) is 13.6 Å². The topological polar surface area (TPSA) is 43.8 Å². The summed E-state index contributed by atoms with van der Waals surface area (Å²) < 4.78 is 1.83. The summed E-state index contributed by atoms with van der Waals surface area (Å²) in [7, 11) is 1.93. The molecule has 0 aliphatic carbocycles. The van der Waals surface area contributed by atoms with Crippen LogP contribution in [0.25, 0.3) is 10.9 Å². The van der Waals surface area contributed by atoms with Crippen LogP contribution in [0.3, 0.4) is 0 Å².